The third-order valence-corrected chi connectivity index (χ3v) is 3.23. The molecule has 1 aromatic carbocycles. The van der Waals surface area contributed by atoms with Gasteiger partial charge in [0.1, 0.15) is 23.2 Å². The van der Waals surface area contributed by atoms with Gasteiger partial charge in [0.25, 0.3) is 0 Å². The van der Waals surface area contributed by atoms with Gasteiger partial charge in [-0.25, -0.2) is 9.37 Å². The van der Waals surface area contributed by atoms with Crippen molar-refractivity contribution in [2.45, 2.75) is 33.2 Å². The van der Waals surface area contributed by atoms with Crippen LogP contribution in [0.2, 0.25) is 5.02 Å². The fraction of sp³-hybridized carbons (Fsp3) is 0.357. The van der Waals surface area contributed by atoms with E-state index < -0.39 is 5.82 Å². The lowest BCUT2D eigenvalue weighted by molar-refractivity contribution is 0.393. The van der Waals surface area contributed by atoms with Gasteiger partial charge >= 0.3 is 0 Å². The lowest BCUT2D eigenvalue weighted by Crippen LogP contribution is -2.24. The van der Waals surface area contributed by atoms with E-state index in [9.17, 15) is 4.39 Å². The molecule has 0 unspecified atom stereocenters. The second-order valence-corrected chi connectivity index (χ2v) is 5.94. The van der Waals surface area contributed by atoms with Crippen LogP contribution in [0.25, 0.3) is 11.3 Å². The molecule has 1 heterocycles. The summed E-state index contributed by atoms with van der Waals surface area (Å²) in [6, 6.07) is 4.50. The summed E-state index contributed by atoms with van der Waals surface area (Å²) in [5, 5.41) is 0.0693. The van der Waals surface area contributed by atoms with E-state index >= 15 is 0 Å². The lowest BCUT2D eigenvalue weighted by atomic mass is 10.1. The standard InChI is InChI=1S/C14H17ClFN3/c1-8-18-12(13(17)19(8)14(2,3)4)9-5-6-11(16)10(15)7-9/h5-7H,17H2,1-4H3. The van der Waals surface area contributed by atoms with Gasteiger partial charge in [0.05, 0.1) is 5.02 Å². The van der Waals surface area contributed by atoms with E-state index in [1.165, 1.54) is 6.07 Å². The molecule has 0 amide bonds. The summed E-state index contributed by atoms with van der Waals surface area (Å²) >= 11 is 5.80. The third kappa shape index (κ3) is 2.45. The number of hydrogen-bond acceptors (Lipinski definition) is 2. The van der Waals surface area contributed by atoms with Gasteiger partial charge in [0, 0.05) is 11.1 Å². The second kappa shape index (κ2) is 4.53. The van der Waals surface area contributed by atoms with E-state index in [4.69, 9.17) is 17.3 Å². The van der Waals surface area contributed by atoms with Crippen LogP contribution in [0.3, 0.4) is 0 Å². The van der Waals surface area contributed by atoms with Gasteiger partial charge in [-0.3, -0.25) is 0 Å². The molecular formula is C14H17ClFN3. The average molecular weight is 282 g/mol. The summed E-state index contributed by atoms with van der Waals surface area (Å²) in [5.74, 6) is 0.934. The largest absolute Gasteiger partial charge is 0.383 e. The molecule has 102 valence electrons. The van der Waals surface area contributed by atoms with Gasteiger partial charge in [-0.2, -0.15) is 0 Å². The first-order valence-corrected chi connectivity index (χ1v) is 6.40. The molecule has 2 aromatic rings. The number of benzene rings is 1. The molecule has 0 saturated carbocycles. The Bertz CT molecular complexity index is 626. The summed E-state index contributed by atoms with van der Waals surface area (Å²) in [6.07, 6.45) is 0. The Labute approximate surface area is 117 Å². The highest BCUT2D eigenvalue weighted by Crippen LogP contribution is 2.32. The molecule has 2 rings (SSSR count). The molecule has 0 aliphatic rings. The number of nitrogen functional groups attached to an aromatic ring is 1. The van der Waals surface area contributed by atoms with Crippen LogP contribution >= 0.6 is 11.6 Å². The van der Waals surface area contributed by atoms with Crippen LogP contribution in [0.5, 0.6) is 0 Å². The Morgan fingerprint density at radius 1 is 1.32 bits per heavy atom. The molecule has 0 radical (unpaired) electrons. The van der Waals surface area contributed by atoms with Crippen LogP contribution in [0.4, 0.5) is 10.2 Å². The first-order chi connectivity index (χ1) is 8.71. The fourth-order valence-corrected chi connectivity index (χ4v) is 2.43. The summed E-state index contributed by atoms with van der Waals surface area (Å²) < 4.78 is 15.2. The Balaban J connectivity index is 2.61. The van der Waals surface area contributed by atoms with Crippen molar-refractivity contribution in [1.82, 2.24) is 9.55 Å². The predicted octanol–water partition coefficient (Wildman–Crippen LogP) is 3.99. The number of nitrogens with two attached hydrogens (primary N) is 1. The van der Waals surface area contributed by atoms with Gasteiger partial charge in [-0.15, -0.1) is 0 Å². The minimum absolute atomic E-state index is 0.0693. The van der Waals surface area contributed by atoms with E-state index in [0.29, 0.717) is 11.5 Å². The molecule has 0 aliphatic heterocycles. The van der Waals surface area contributed by atoms with Gasteiger partial charge in [0.2, 0.25) is 0 Å². The van der Waals surface area contributed by atoms with E-state index in [0.717, 1.165) is 11.4 Å². The van der Waals surface area contributed by atoms with E-state index in [-0.39, 0.29) is 10.6 Å². The summed E-state index contributed by atoms with van der Waals surface area (Å²) in [7, 11) is 0. The van der Waals surface area contributed by atoms with Crippen LogP contribution in [-0.4, -0.2) is 9.55 Å². The highest BCUT2D eigenvalue weighted by molar-refractivity contribution is 6.31. The van der Waals surface area contributed by atoms with E-state index in [2.05, 4.69) is 25.8 Å². The van der Waals surface area contributed by atoms with E-state index in [1.807, 2.05) is 11.5 Å². The minimum Gasteiger partial charge on any atom is -0.383 e. The summed E-state index contributed by atoms with van der Waals surface area (Å²) in [6.45, 7) is 8.06. The van der Waals surface area contributed by atoms with Gasteiger partial charge in [0.15, 0.2) is 0 Å². The third-order valence-electron chi connectivity index (χ3n) is 2.94. The monoisotopic (exact) mass is 281 g/mol. The molecule has 0 fully saturated rings. The van der Waals surface area contributed by atoms with Crippen molar-refractivity contribution in [1.29, 1.82) is 0 Å². The molecule has 19 heavy (non-hydrogen) atoms. The number of hydrogen-bond donors (Lipinski definition) is 1. The maximum absolute atomic E-state index is 13.2. The molecule has 0 saturated heterocycles. The first-order valence-electron chi connectivity index (χ1n) is 6.02. The number of anilines is 1. The molecule has 2 N–H and O–H groups in total. The molecule has 0 aliphatic carbocycles. The molecule has 0 atom stereocenters. The predicted molar refractivity (Wildman–Crippen MR) is 76.8 cm³/mol. The van der Waals surface area contributed by atoms with Crippen molar-refractivity contribution >= 4 is 17.4 Å². The molecule has 0 spiro atoms. The molecule has 5 heteroatoms. The minimum atomic E-state index is -0.448. The SMILES string of the molecule is Cc1nc(-c2ccc(F)c(Cl)c2)c(N)n1C(C)(C)C. The number of halogens is 2. The van der Waals surface area contributed by atoms with Crippen molar-refractivity contribution in [3.63, 3.8) is 0 Å². The second-order valence-electron chi connectivity index (χ2n) is 5.53. The van der Waals surface area contributed by atoms with Crippen LogP contribution in [0.1, 0.15) is 26.6 Å². The zero-order valence-corrected chi connectivity index (χ0v) is 12.2. The maximum Gasteiger partial charge on any atom is 0.141 e. The Kier molecular flexibility index (Phi) is 3.31. The van der Waals surface area contributed by atoms with Crippen molar-refractivity contribution in [3.05, 3.63) is 34.9 Å². The Morgan fingerprint density at radius 2 is 1.95 bits per heavy atom. The zero-order chi connectivity index (χ0) is 14.4. The van der Waals surface area contributed by atoms with Gasteiger partial charge < -0.3 is 10.3 Å². The number of aryl methyl sites for hydroxylation is 1. The number of rotatable bonds is 1. The molecule has 0 bridgehead atoms. The normalized spacial score (nSPS) is 11.9. The van der Waals surface area contributed by atoms with Crippen molar-refractivity contribution in [2.24, 2.45) is 0 Å². The quantitative estimate of drug-likeness (QED) is 0.859. The zero-order valence-electron chi connectivity index (χ0n) is 11.5. The number of nitrogens with zero attached hydrogens (tertiary/aromatic N) is 2. The maximum atomic E-state index is 13.2. The molecule has 1 aromatic heterocycles. The summed E-state index contributed by atoms with van der Waals surface area (Å²) in [4.78, 5) is 4.47. The lowest BCUT2D eigenvalue weighted by Gasteiger charge is -2.24. The van der Waals surface area contributed by atoms with Crippen molar-refractivity contribution in [3.8, 4) is 11.3 Å². The Hall–Kier alpha value is -1.55. The van der Waals surface area contributed by atoms with Crippen LogP contribution in [-0.2, 0) is 5.54 Å². The van der Waals surface area contributed by atoms with Crippen LogP contribution < -0.4 is 5.73 Å². The van der Waals surface area contributed by atoms with Gasteiger partial charge in [-0.1, -0.05) is 11.6 Å². The Morgan fingerprint density at radius 3 is 2.42 bits per heavy atom. The smallest absolute Gasteiger partial charge is 0.141 e. The van der Waals surface area contributed by atoms with Crippen molar-refractivity contribution < 1.29 is 4.39 Å². The summed E-state index contributed by atoms with van der Waals surface area (Å²) in [5.41, 5.74) is 7.36. The number of imidazole rings is 1. The van der Waals surface area contributed by atoms with Crippen LogP contribution in [0, 0.1) is 12.7 Å². The topological polar surface area (TPSA) is 43.8 Å². The van der Waals surface area contributed by atoms with E-state index in [1.54, 1.807) is 12.1 Å². The highest BCUT2D eigenvalue weighted by atomic mass is 35.5. The van der Waals surface area contributed by atoms with Gasteiger partial charge in [-0.05, 0) is 45.9 Å². The molecule has 3 nitrogen and oxygen atoms in total. The first kappa shape index (κ1) is 13.9. The average Bonchev–Trinajstić information content (AvgIpc) is 2.57. The highest BCUT2D eigenvalue weighted by Gasteiger charge is 2.22. The number of aromatic nitrogens is 2. The van der Waals surface area contributed by atoms with Crippen molar-refractivity contribution in [2.75, 3.05) is 5.73 Å². The molecular weight excluding hydrogens is 265 g/mol. The van der Waals surface area contributed by atoms with Crippen LogP contribution in [0.15, 0.2) is 18.2 Å². The fourth-order valence-electron chi connectivity index (χ4n) is 2.25.